The van der Waals surface area contributed by atoms with E-state index in [2.05, 4.69) is 20.7 Å². The highest BCUT2D eigenvalue weighted by atomic mass is 79.9. The highest BCUT2D eigenvalue weighted by Gasteiger charge is 2.13. The van der Waals surface area contributed by atoms with E-state index in [1.165, 1.54) is 7.11 Å². The second-order valence-electron chi connectivity index (χ2n) is 1.97. The lowest BCUT2D eigenvalue weighted by Gasteiger charge is -1.97. The molecule has 0 saturated carbocycles. The fourth-order valence-corrected chi connectivity index (χ4v) is 1.20. The lowest BCUT2D eigenvalue weighted by Crippen LogP contribution is -2.02. The molecule has 0 radical (unpaired) electrons. The Bertz CT molecular complexity index is 216. The number of ether oxygens (including phenoxy) is 1. The van der Waals surface area contributed by atoms with Gasteiger partial charge in [-0.3, -0.25) is 0 Å². The predicted octanol–water partition coefficient (Wildman–Crippen LogP) is 1.77. The van der Waals surface area contributed by atoms with Crippen LogP contribution in [0, 0.1) is 0 Å². The number of hydrogen-bond acceptors (Lipinski definition) is 2. The third-order valence-electron chi connectivity index (χ3n) is 1.27. The molecule has 0 aromatic heterocycles. The van der Waals surface area contributed by atoms with Crippen molar-refractivity contribution in [2.75, 3.05) is 7.11 Å². The van der Waals surface area contributed by atoms with Gasteiger partial charge in [0.25, 0.3) is 0 Å². The maximum atomic E-state index is 10.8. The number of esters is 1. The van der Waals surface area contributed by atoms with Gasteiger partial charge in [-0.2, -0.15) is 0 Å². The molecule has 0 atom stereocenters. The Labute approximate surface area is 67.7 Å². The second-order valence-corrected chi connectivity index (χ2v) is 2.99. The molecular formula is C7H7BrO2. The zero-order valence-electron chi connectivity index (χ0n) is 5.56. The minimum Gasteiger partial charge on any atom is -0.466 e. The van der Waals surface area contributed by atoms with Crippen LogP contribution in [0.1, 0.15) is 6.42 Å². The number of methoxy groups -OCH3 is 1. The topological polar surface area (TPSA) is 26.3 Å². The van der Waals surface area contributed by atoms with E-state index in [0.29, 0.717) is 12.0 Å². The number of rotatable bonds is 1. The van der Waals surface area contributed by atoms with E-state index in [1.54, 1.807) is 6.08 Å². The Kier molecular flexibility index (Phi) is 2.27. The van der Waals surface area contributed by atoms with Crippen LogP contribution in [0.3, 0.4) is 0 Å². The standard InChI is InChI=1S/C7H7BrO2/c1-10-7(9)5-2-3-6(8)4-5/h2-3H,4H2,1H3. The molecule has 1 aliphatic rings. The molecule has 0 amide bonds. The minimum atomic E-state index is -0.245. The van der Waals surface area contributed by atoms with E-state index in [9.17, 15) is 4.79 Å². The van der Waals surface area contributed by atoms with E-state index >= 15 is 0 Å². The molecule has 1 rings (SSSR count). The molecule has 2 nitrogen and oxygen atoms in total. The van der Waals surface area contributed by atoms with Gasteiger partial charge >= 0.3 is 5.97 Å². The lowest BCUT2D eigenvalue weighted by molar-refractivity contribution is -0.136. The van der Waals surface area contributed by atoms with Crippen LogP contribution >= 0.6 is 15.9 Å². The van der Waals surface area contributed by atoms with Gasteiger partial charge in [0, 0.05) is 12.0 Å². The van der Waals surface area contributed by atoms with Crippen LogP contribution in [0.15, 0.2) is 22.2 Å². The van der Waals surface area contributed by atoms with Gasteiger partial charge in [-0.1, -0.05) is 28.1 Å². The molecule has 10 heavy (non-hydrogen) atoms. The van der Waals surface area contributed by atoms with Crippen molar-refractivity contribution < 1.29 is 9.53 Å². The molecule has 0 saturated heterocycles. The smallest absolute Gasteiger partial charge is 0.334 e. The zero-order valence-corrected chi connectivity index (χ0v) is 7.14. The van der Waals surface area contributed by atoms with E-state index in [0.717, 1.165) is 4.48 Å². The Balaban J connectivity index is 2.57. The van der Waals surface area contributed by atoms with E-state index < -0.39 is 0 Å². The summed E-state index contributed by atoms with van der Waals surface area (Å²) < 4.78 is 5.54. The number of carbonyl (C=O) groups is 1. The summed E-state index contributed by atoms with van der Waals surface area (Å²) in [5.74, 6) is -0.245. The Morgan fingerprint density at radius 3 is 2.80 bits per heavy atom. The molecule has 0 N–H and O–H groups in total. The summed E-state index contributed by atoms with van der Waals surface area (Å²) in [4.78, 5) is 10.8. The van der Waals surface area contributed by atoms with Gasteiger partial charge in [0.05, 0.1) is 7.11 Å². The summed E-state index contributed by atoms with van der Waals surface area (Å²) >= 11 is 3.28. The number of hydrogen-bond donors (Lipinski definition) is 0. The molecule has 0 aromatic rings. The summed E-state index contributed by atoms with van der Waals surface area (Å²) in [5, 5.41) is 0. The van der Waals surface area contributed by atoms with Gasteiger partial charge < -0.3 is 4.74 Å². The Morgan fingerprint density at radius 2 is 2.40 bits per heavy atom. The van der Waals surface area contributed by atoms with E-state index in [4.69, 9.17) is 0 Å². The average molecular weight is 203 g/mol. The number of halogens is 1. The quantitative estimate of drug-likeness (QED) is 0.607. The summed E-state index contributed by atoms with van der Waals surface area (Å²) in [6, 6.07) is 0. The number of carbonyl (C=O) groups excluding carboxylic acids is 1. The molecule has 0 aromatic carbocycles. The molecule has 0 unspecified atom stereocenters. The maximum absolute atomic E-state index is 10.8. The maximum Gasteiger partial charge on any atom is 0.334 e. The molecule has 0 heterocycles. The minimum absolute atomic E-state index is 0.245. The SMILES string of the molecule is COC(=O)C1=CC=C(Br)C1. The molecule has 0 fully saturated rings. The Morgan fingerprint density at radius 1 is 1.70 bits per heavy atom. The van der Waals surface area contributed by atoms with Crippen LogP contribution in [0.25, 0.3) is 0 Å². The van der Waals surface area contributed by atoms with Gasteiger partial charge in [0.2, 0.25) is 0 Å². The molecule has 3 heteroatoms. The van der Waals surface area contributed by atoms with E-state index in [1.807, 2.05) is 6.08 Å². The van der Waals surface area contributed by atoms with Gasteiger partial charge in [0.1, 0.15) is 0 Å². The highest BCUT2D eigenvalue weighted by molar-refractivity contribution is 9.11. The summed E-state index contributed by atoms with van der Waals surface area (Å²) in [6.45, 7) is 0. The van der Waals surface area contributed by atoms with Crippen molar-refractivity contribution in [2.45, 2.75) is 6.42 Å². The molecule has 1 aliphatic carbocycles. The first kappa shape index (κ1) is 7.54. The first-order chi connectivity index (χ1) is 4.74. The summed E-state index contributed by atoms with van der Waals surface area (Å²) in [7, 11) is 1.38. The fourth-order valence-electron chi connectivity index (χ4n) is 0.762. The van der Waals surface area contributed by atoms with Crippen LogP contribution in [0.2, 0.25) is 0 Å². The van der Waals surface area contributed by atoms with Gasteiger partial charge in [-0.15, -0.1) is 0 Å². The van der Waals surface area contributed by atoms with Crippen LogP contribution < -0.4 is 0 Å². The summed E-state index contributed by atoms with van der Waals surface area (Å²) in [6.07, 6.45) is 4.27. The van der Waals surface area contributed by atoms with Gasteiger partial charge in [-0.05, 0) is 4.48 Å². The highest BCUT2D eigenvalue weighted by Crippen LogP contribution is 2.23. The van der Waals surface area contributed by atoms with Crippen LogP contribution in [-0.2, 0) is 9.53 Å². The molecule has 0 spiro atoms. The predicted molar refractivity (Wildman–Crippen MR) is 41.7 cm³/mol. The molecular weight excluding hydrogens is 196 g/mol. The average Bonchev–Trinajstić information content (AvgIpc) is 2.34. The van der Waals surface area contributed by atoms with Crippen LogP contribution in [0.4, 0.5) is 0 Å². The second kappa shape index (κ2) is 3.01. The fraction of sp³-hybridized carbons (Fsp3) is 0.286. The van der Waals surface area contributed by atoms with Crippen molar-refractivity contribution >= 4 is 21.9 Å². The van der Waals surface area contributed by atoms with Gasteiger partial charge in [0.15, 0.2) is 0 Å². The van der Waals surface area contributed by atoms with Crippen molar-refractivity contribution in [3.05, 3.63) is 22.2 Å². The first-order valence-corrected chi connectivity index (χ1v) is 3.67. The van der Waals surface area contributed by atoms with Crippen LogP contribution in [-0.4, -0.2) is 13.1 Å². The normalized spacial score (nSPS) is 16.2. The molecule has 0 bridgehead atoms. The monoisotopic (exact) mass is 202 g/mol. The Hall–Kier alpha value is -0.570. The largest absolute Gasteiger partial charge is 0.466 e. The van der Waals surface area contributed by atoms with E-state index in [-0.39, 0.29) is 5.97 Å². The van der Waals surface area contributed by atoms with Crippen LogP contribution in [0.5, 0.6) is 0 Å². The van der Waals surface area contributed by atoms with Crippen molar-refractivity contribution in [3.8, 4) is 0 Å². The third-order valence-corrected chi connectivity index (χ3v) is 1.82. The number of allylic oxidation sites excluding steroid dienone is 3. The molecule has 0 aliphatic heterocycles. The lowest BCUT2D eigenvalue weighted by atomic mass is 10.2. The third kappa shape index (κ3) is 1.48. The van der Waals surface area contributed by atoms with Gasteiger partial charge in [-0.25, -0.2) is 4.79 Å². The first-order valence-electron chi connectivity index (χ1n) is 2.87. The zero-order chi connectivity index (χ0) is 7.56. The van der Waals surface area contributed by atoms with Crippen molar-refractivity contribution in [3.63, 3.8) is 0 Å². The van der Waals surface area contributed by atoms with Crippen molar-refractivity contribution in [1.29, 1.82) is 0 Å². The molecule has 54 valence electrons. The summed E-state index contributed by atoms with van der Waals surface area (Å²) in [5.41, 5.74) is 0.703. The van der Waals surface area contributed by atoms with Crippen molar-refractivity contribution in [1.82, 2.24) is 0 Å². The van der Waals surface area contributed by atoms with Crippen molar-refractivity contribution in [2.24, 2.45) is 0 Å².